The summed E-state index contributed by atoms with van der Waals surface area (Å²) >= 11 is 0. The first-order valence-electron chi connectivity index (χ1n) is 3.07. The van der Waals surface area contributed by atoms with Crippen molar-refractivity contribution >= 4 is 0 Å². The van der Waals surface area contributed by atoms with E-state index in [1.54, 1.807) is 0 Å². The largest absolute Gasteiger partial charge is 0.344 e. The smallest absolute Gasteiger partial charge is 0.0618 e. The van der Waals surface area contributed by atoms with Crippen LogP contribution in [0.1, 0.15) is 26.7 Å². The fourth-order valence-electron chi connectivity index (χ4n) is 0. The lowest BCUT2D eigenvalue weighted by atomic mass is 10.6. The van der Waals surface area contributed by atoms with Gasteiger partial charge in [-0.05, 0) is 0 Å². The van der Waals surface area contributed by atoms with Gasteiger partial charge in [0.1, 0.15) is 0 Å². The standard InChI is InChI=1S/2C3H5N.C2H4.2H3N/c2*1-2-3-4;1-2;;/h2*2H2,1H3;1-2H2;2*1H3. The fraction of sp³-hybridized carbons (Fsp3) is 0.500. The molecule has 0 atom stereocenters. The Morgan fingerprint density at radius 3 is 1.00 bits per heavy atom. The molecule has 0 saturated heterocycles. The van der Waals surface area contributed by atoms with E-state index in [-0.39, 0.29) is 12.3 Å². The molecule has 0 saturated carbocycles. The zero-order valence-corrected chi connectivity index (χ0v) is 8.14. The zero-order chi connectivity index (χ0) is 8.83. The molecule has 0 spiro atoms. The number of hydrogen-bond donors (Lipinski definition) is 2. The van der Waals surface area contributed by atoms with Gasteiger partial charge in [-0.1, -0.05) is 13.8 Å². The maximum absolute atomic E-state index is 7.62. The van der Waals surface area contributed by atoms with Crippen molar-refractivity contribution in [3.63, 3.8) is 0 Å². The molecule has 12 heavy (non-hydrogen) atoms. The Morgan fingerprint density at radius 2 is 1.00 bits per heavy atom. The summed E-state index contributed by atoms with van der Waals surface area (Å²) in [4.78, 5) is 0. The molecule has 0 radical (unpaired) electrons. The topological polar surface area (TPSA) is 118 Å². The lowest BCUT2D eigenvalue weighted by molar-refractivity contribution is 1.22. The van der Waals surface area contributed by atoms with Crippen LogP contribution in [-0.4, -0.2) is 0 Å². The van der Waals surface area contributed by atoms with Crippen molar-refractivity contribution in [1.29, 1.82) is 10.5 Å². The van der Waals surface area contributed by atoms with Crippen LogP contribution in [0.3, 0.4) is 0 Å². The van der Waals surface area contributed by atoms with Gasteiger partial charge in [-0.2, -0.15) is 10.5 Å². The summed E-state index contributed by atoms with van der Waals surface area (Å²) in [6.45, 7) is 9.64. The zero-order valence-electron chi connectivity index (χ0n) is 8.14. The van der Waals surface area contributed by atoms with Gasteiger partial charge >= 0.3 is 0 Å². The normalized spacial score (nSPS) is 3.67. The van der Waals surface area contributed by atoms with Crippen LogP contribution in [-0.2, 0) is 0 Å². The lowest BCUT2D eigenvalue weighted by Crippen LogP contribution is -1.38. The van der Waals surface area contributed by atoms with Crippen LogP contribution in [0.5, 0.6) is 0 Å². The molecule has 0 aliphatic rings. The molecule has 0 rings (SSSR count). The van der Waals surface area contributed by atoms with E-state index in [9.17, 15) is 0 Å². The van der Waals surface area contributed by atoms with E-state index >= 15 is 0 Å². The molecule has 4 heteroatoms. The lowest BCUT2D eigenvalue weighted by Gasteiger charge is -1.47. The third-order valence-corrected chi connectivity index (χ3v) is 0.316. The van der Waals surface area contributed by atoms with Gasteiger partial charge in [0.15, 0.2) is 0 Å². The molecule has 0 aliphatic carbocycles. The third-order valence-electron chi connectivity index (χ3n) is 0.316. The summed E-state index contributed by atoms with van der Waals surface area (Å²) < 4.78 is 0. The molecular weight excluding hydrogens is 152 g/mol. The minimum atomic E-state index is 0. The maximum atomic E-state index is 7.62. The summed E-state index contributed by atoms with van der Waals surface area (Å²) in [7, 11) is 0. The summed E-state index contributed by atoms with van der Waals surface area (Å²) in [6, 6.07) is 3.86. The highest BCUT2D eigenvalue weighted by atomic mass is 14.2. The van der Waals surface area contributed by atoms with Gasteiger partial charge in [0.05, 0.1) is 12.1 Å². The molecule has 0 bridgehead atoms. The first-order valence-corrected chi connectivity index (χ1v) is 3.07. The Morgan fingerprint density at radius 1 is 0.917 bits per heavy atom. The van der Waals surface area contributed by atoms with E-state index in [1.807, 2.05) is 26.0 Å². The Kier molecular flexibility index (Phi) is 267. The highest BCUT2D eigenvalue weighted by Crippen LogP contribution is 1.58. The summed E-state index contributed by atoms with van der Waals surface area (Å²) in [5.41, 5.74) is 0. The predicted molar refractivity (Wildman–Crippen MR) is 53.1 cm³/mol. The van der Waals surface area contributed by atoms with Crippen LogP contribution in [0.25, 0.3) is 0 Å². The van der Waals surface area contributed by atoms with Crippen LogP contribution in [0, 0.1) is 22.7 Å². The Hall–Kier alpha value is -1.36. The van der Waals surface area contributed by atoms with Crippen LogP contribution >= 0.6 is 0 Å². The average Bonchev–Trinajstić information content (AvgIpc) is 2.08. The number of rotatable bonds is 0. The third kappa shape index (κ3) is 1230. The predicted octanol–water partition coefficient (Wildman–Crippen LogP) is 2.97. The Balaban J connectivity index is -0.0000000198. The van der Waals surface area contributed by atoms with Crippen molar-refractivity contribution in [2.24, 2.45) is 0 Å². The Labute approximate surface area is 75.7 Å². The van der Waals surface area contributed by atoms with Gasteiger partial charge in [-0.25, -0.2) is 0 Å². The van der Waals surface area contributed by atoms with Crippen LogP contribution < -0.4 is 12.3 Å². The summed E-state index contributed by atoms with van der Waals surface area (Å²) in [6.07, 6.45) is 1.25. The van der Waals surface area contributed by atoms with Crippen LogP contribution in [0.2, 0.25) is 0 Å². The maximum Gasteiger partial charge on any atom is 0.0618 e. The highest BCUT2D eigenvalue weighted by Gasteiger charge is 1.50. The van der Waals surface area contributed by atoms with Gasteiger partial charge in [0, 0.05) is 12.8 Å². The second-order valence-electron chi connectivity index (χ2n) is 1.02. The van der Waals surface area contributed by atoms with Gasteiger partial charge in [0.25, 0.3) is 0 Å². The van der Waals surface area contributed by atoms with Gasteiger partial charge < -0.3 is 12.3 Å². The number of nitrogens with zero attached hydrogens (tertiary/aromatic N) is 2. The second kappa shape index (κ2) is 103. The van der Waals surface area contributed by atoms with E-state index in [4.69, 9.17) is 10.5 Å². The van der Waals surface area contributed by atoms with Gasteiger partial charge in [-0.15, -0.1) is 13.2 Å². The van der Waals surface area contributed by atoms with Crippen LogP contribution in [0.15, 0.2) is 13.2 Å². The molecule has 0 aromatic rings. The van der Waals surface area contributed by atoms with E-state index in [0.29, 0.717) is 12.8 Å². The van der Waals surface area contributed by atoms with E-state index in [0.717, 1.165) is 0 Å². The van der Waals surface area contributed by atoms with Gasteiger partial charge in [-0.3, -0.25) is 0 Å². The average molecular weight is 172 g/mol. The number of hydrogen-bond acceptors (Lipinski definition) is 4. The van der Waals surface area contributed by atoms with E-state index in [1.165, 1.54) is 0 Å². The minimum Gasteiger partial charge on any atom is -0.344 e. The molecule has 0 aromatic heterocycles. The molecular formula is C8H20N4. The molecule has 4 nitrogen and oxygen atoms in total. The van der Waals surface area contributed by atoms with E-state index < -0.39 is 0 Å². The van der Waals surface area contributed by atoms with Crippen molar-refractivity contribution in [2.75, 3.05) is 0 Å². The van der Waals surface area contributed by atoms with E-state index in [2.05, 4.69) is 13.2 Å². The quantitative estimate of drug-likeness (QED) is 0.546. The van der Waals surface area contributed by atoms with Crippen LogP contribution in [0.4, 0.5) is 0 Å². The Bertz CT molecular complexity index is 95.2. The summed E-state index contributed by atoms with van der Waals surface area (Å²) in [5, 5.41) is 15.2. The minimum absolute atomic E-state index is 0. The van der Waals surface area contributed by atoms with Gasteiger partial charge in [0.2, 0.25) is 0 Å². The molecule has 0 aromatic carbocycles. The fourth-order valence-corrected chi connectivity index (χ4v) is 0. The number of nitriles is 2. The van der Waals surface area contributed by atoms with Crippen molar-refractivity contribution in [1.82, 2.24) is 12.3 Å². The first kappa shape index (κ1) is 31.1. The van der Waals surface area contributed by atoms with Crippen molar-refractivity contribution in [3.8, 4) is 12.1 Å². The van der Waals surface area contributed by atoms with Crippen molar-refractivity contribution in [3.05, 3.63) is 13.2 Å². The molecule has 72 valence electrons. The molecule has 6 N–H and O–H groups in total. The van der Waals surface area contributed by atoms with Crippen molar-refractivity contribution in [2.45, 2.75) is 26.7 Å². The molecule has 0 fully saturated rings. The summed E-state index contributed by atoms with van der Waals surface area (Å²) in [5.74, 6) is 0. The molecule has 0 unspecified atom stereocenters. The monoisotopic (exact) mass is 172 g/mol. The molecule has 0 heterocycles. The SMILES string of the molecule is C=C.CCC#N.CCC#N.N.N. The second-order valence-corrected chi connectivity index (χ2v) is 1.02. The molecule has 0 aliphatic heterocycles. The molecule has 0 amide bonds. The highest BCUT2D eigenvalue weighted by molar-refractivity contribution is 4.62. The first-order chi connectivity index (χ1) is 4.83. The van der Waals surface area contributed by atoms with Crippen molar-refractivity contribution < 1.29 is 0 Å².